The van der Waals surface area contributed by atoms with Crippen molar-refractivity contribution in [1.82, 2.24) is 9.97 Å². The van der Waals surface area contributed by atoms with E-state index in [1.165, 1.54) is 0 Å². The zero-order chi connectivity index (χ0) is 18.0. The van der Waals surface area contributed by atoms with Gasteiger partial charge in [-0.1, -0.05) is 0 Å². The summed E-state index contributed by atoms with van der Waals surface area (Å²) in [6.07, 6.45) is -2.53. The van der Waals surface area contributed by atoms with Crippen LogP contribution in [0.2, 0.25) is 0 Å². The highest BCUT2D eigenvalue weighted by Gasteiger charge is 2.32. The Bertz CT molecular complexity index is 765. The van der Waals surface area contributed by atoms with Gasteiger partial charge in [0.25, 0.3) is 0 Å². The van der Waals surface area contributed by atoms with Crippen molar-refractivity contribution >= 4 is 5.95 Å². The van der Waals surface area contributed by atoms with E-state index in [1.54, 1.807) is 0 Å². The molecule has 3 rings (SSSR count). The summed E-state index contributed by atoms with van der Waals surface area (Å²) in [7, 11) is 0. The molecule has 5 nitrogen and oxygen atoms in total. The monoisotopic (exact) mass is 353 g/mol. The maximum Gasteiger partial charge on any atom is 0.433 e. The average Bonchev–Trinajstić information content (AvgIpc) is 2.91. The quantitative estimate of drug-likeness (QED) is 0.885. The molecule has 2 heterocycles. The minimum absolute atomic E-state index is 0.0907. The molecular weight excluding hydrogens is 335 g/mol. The summed E-state index contributed by atoms with van der Waals surface area (Å²) in [4.78, 5) is 7.33. The van der Waals surface area contributed by atoms with E-state index in [9.17, 15) is 13.2 Å². The van der Waals surface area contributed by atoms with Gasteiger partial charge in [-0.2, -0.15) is 13.2 Å². The molecule has 0 saturated heterocycles. The highest BCUT2D eigenvalue weighted by Crippen LogP contribution is 2.35. The number of ether oxygens (including phenoxy) is 2. The van der Waals surface area contributed by atoms with Gasteiger partial charge in [0, 0.05) is 30.3 Å². The van der Waals surface area contributed by atoms with Gasteiger partial charge in [0.15, 0.2) is 0 Å². The summed E-state index contributed by atoms with van der Waals surface area (Å²) < 4.78 is 49.6. The first-order valence-corrected chi connectivity index (χ1v) is 7.96. The van der Waals surface area contributed by atoms with Crippen molar-refractivity contribution in [3.63, 3.8) is 0 Å². The first-order chi connectivity index (χ1) is 11.9. The Morgan fingerprint density at radius 3 is 2.88 bits per heavy atom. The summed E-state index contributed by atoms with van der Waals surface area (Å²) in [6.45, 7) is 4.57. The molecule has 8 heteroatoms. The maximum atomic E-state index is 12.7. The lowest BCUT2D eigenvalue weighted by Crippen LogP contribution is -2.12. The fraction of sp³-hybridized carbons (Fsp3) is 0.412. The van der Waals surface area contributed by atoms with Crippen molar-refractivity contribution in [3.05, 3.63) is 41.2 Å². The highest BCUT2D eigenvalue weighted by atomic mass is 19.4. The van der Waals surface area contributed by atoms with Crippen LogP contribution in [0.3, 0.4) is 0 Å². The molecule has 0 unspecified atom stereocenters. The Balaban J connectivity index is 1.80. The van der Waals surface area contributed by atoms with Crippen LogP contribution in [-0.2, 0) is 19.1 Å². The summed E-state index contributed by atoms with van der Waals surface area (Å²) in [6, 6.07) is 4.61. The SMILES string of the molecule is CCOc1cc2c(cc1CNc1nccc(C(F)(F)F)n1)O[C@H](C)C2. The summed E-state index contributed by atoms with van der Waals surface area (Å²) in [5, 5.41) is 2.82. The van der Waals surface area contributed by atoms with Crippen LogP contribution in [0.1, 0.15) is 30.7 Å². The van der Waals surface area contributed by atoms with Crippen LogP contribution in [0.25, 0.3) is 0 Å². The lowest BCUT2D eigenvalue weighted by molar-refractivity contribution is -0.141. The van der Waals surface area contributed by atoms with Crippen molar-refractivity contribution in [3.8, 4) is 11.5 Å². The maximum absolute atomic E-state index is 12.7. The number of nitrogens with one attached hydrogen (secondary N) is 1. The summed E-state index contributed by atoms with van der Waals surface area (Å²) in [5.41, 5.74) is 0.854. The van der Waals surface area contributed by atoms with Gasteiger partial charge in [0.1, 0.15) is 23.3 Å². The second kappa shape index (κ2) is 6.78. The van der Waals surface area contributed by atoms with Crippen molar-refractivity contribution in [2.24, 2.45) is 0 Å². The second-order valence-corrected chi connectivity index (χ2v) is 5.75. The van der Waals surface area contributed by atoms with E-state index in [4.69, 9.17) is 9.47 Å². The number of fused-ring (bicyclic) bond motifs is 1. The number of nitrogens with zero attached hydrogens (tertiary/aromatic N) is 2. The lowest BCUT2D eigenvalue weighted by atomic mass is 10.1. The number of halogens is 3. The Kier molecular flexibility index (Phi) is 4.69. The zero-order valence-electron chi connectivity index (χ0n) is 13.9. The van der Waals surface area contributed by atoms with E-state index in [0.717, 1.165) is 35.6 Å². The number of anilines is 1. The van der Waals surface area contributed by atoms with Crippen molar-refractivity contribution < 1.29 is 22.6 Å². The average molecular weight is 353 g/mol. The zero-order valence-corrected chi connectivity index (χ0v) is 13.9. The molecule has 2 aromatic rings. The predicted octanol–water partition coefficient (Wildman–Crippen LogP) is 3.83. The van der Waals surface area contributed by atoms with E-state index in [0.29, 0.717) is 12.4 Å². The van der Waals surface area contributed by atoms with Gasteiger partial charge in [-0.15, -0.1) is 0 Å². The van der Waals surface area contributed by atoms with Crippen molar-refractivity contribution in [2.75, 3.05) is 11.9 Å². The molecule has 0 radical (unpaired) electrons. The summed E-state index contributed by atoms with van der Waals surface area (Å²) in [5.74, 6) is 1.36. The molecule has 1 atom stereocenters. The van der Waals surface area contributed by atoms with Gasteiger partial charge >= 0.3 is 6.18 Å². The molecule has 0 fully saturated rings. The van der Waals surface area contributed by atoms with Gasteiger partial charge < -0.3 is 14.8 Å². The molecule has 0 bridgehead atoms. The number of hydrogen-bond acceptors (Lipinski definition) is 5. The molecule has 0 spiro atoms. The van der Waals surface area contributed by atoms with Crippen LogP contribution in [-0.4, -0.2) is 22.7 Å². The van der Waals surface area contributed by atoms with Crippen LogP contribution < -0.4 is 14.8 Å². The molecule has 1 aromatic carbocycles. The first-order valence-electron chi connectivity index (χ1n) is 7.96. The van der Waals surface area contributed by atoms with Gasteiger partial charge in [-0.25, -0.2) is 9.97 Å². The predicted molar refractivity (Wildman–Crippen MR) is 85.8 cm³/mol. The topological polar surface area (TPSA) is 56.3 Å². The van der Waals surface area contributed by atoms with Crippen LogP contribution in [0, 0.1) is 0 Å². The fourth-order valence-corrected chi connectivity index (χ4v) is 2.69. The number of aromatic nitrogens is 2. The molecule has 0 saturated carbocycles. The number of hydrogen-bond donors (Lipinski definition) is 1. The summed E-state index contributed by atoms with van der Waals surface area (Å²) >= 11 is 0. The normalized spacial score (nSPS) is 16.3. The smallest absolute Gasteiger partial charge is 0.433 e. The third-order valence-electron chi connectivity index (χ3n) is 3.76. The molecule has 0 amide bonds. The minimum Gasteiger partial charge on any atom is -0.494 e. The van der Waals surface area contributed by atoms with Gasteiger partial charge in [0.2, 0.25) is 5.95 Å². The molecule has 1 aliphatic rings. The van der Waals surface area contributed by atoms with Crippen molar-refractivity contribution in [1.29, 1.82) is 0 Å². The standard InChI is InChI=1S/C17H18F3N3O2/c1-3-24-13-7-11-6-10(2)25-14(11)8-12(13)9-22-16-21-5-4-15(23-16)17(18,19)20/h4-5,7-8,10H,3,6,9H2,1-2H3,(H,21,22,23)/t10-/m1/s1. The third-order valence-corrected chi connectivity index (χ3v) is 3.76. The largest absolute Gasteiger partial charge is 0.494 e. The van der Waals surface area contributed by atoms with E-state index in [-0.39, 0.29) is 18.6 Å². The fourth-order valence-electron chi connectivity index (χ4n) is 2.69. The minimum atomic E-state index is -4.51. The van der Waals surface area contributed by atoms with E-state index < -0.39 is 11.9 Å². The van der Waals surface area contributed by atoms with Gasteiger partial charge in [-0.05, 0) is 32.0 Å². The lowest BCUT2D eigenvalue weighted by Gasteiger charge is -2.14. The molecule has 1 aromatic heterocycles. The molecule has 1 aliphatic heterocycles. The Morgan fingerprint density at radius 1 is 1.36 bits per heavy atom. The Labute approximate surface area is 143 Å². The first kappa shape index (κ1) is 17.3. The highest BCUT2D eigenvalue weighted by molar-refractivity contribution is 5.49. The van der Waals surface area contributed by atoms with Crippen molar-refractivity contribution in [2.45, 2.75) is 39.1 Å². The Morgan fingerprint density at radius 2 is 2.16 bits per heavy atom. The van der Waals surface area contributed by atoms with Crippen LogP contribution in [0.4, 0.5) is 19.1 Å². The molecular formula is C17H18F3N3O2. The number of benzene rings is 1. The van der Waals surface area contributed by atoms with E-state index in [2.05, 4.69) is 15.3 Å². The number of alkyl halides is 3. The molecule has 1 N–H and O–H groups in total. The van der Waals surface area contributed by atoms with Gasteiger partial charge in [0.05, 0.1) is 6.61 Å². The molecule has 0 aliphatic carbocycles. The number of rotatable bonds is 5. The van der Waals surface area contributed by atoms with E-state index in [1.807, 2.05) is 26.0 Å². The second-order valence-electron chi connectivity index (χ2n) is 5.75. The van der Waals surface area contributed by atoms with E-state index >= 15 is 0 Å². The van der Waals surface area contributed by atoms with Crippen LogP contribution in [0.15, 0.2) is 24.4 Å². The third kappa shape index (κ3) is 3.94. The molecule has 25 heavy (non-hydrogen) atoms. The van der Waals surface area contributed by atoms with Crippen LogP contribution in [0.5, 0.6) is 11.5 Å². The van der Waals surface area contributed by atoms with Crippen LogP contribution >= 0.6 is 0 Å². The van der Waals surface area contributed by atoms with Gasteiger partial charge in [-0.3, -0.25) is 0 Å². The Hall–Kier alpha value is -2.51. The molecule has 134 valence electrons.